The number of ether oxygens (including phenoxy) is 1. The van der Waals surface area contributed by atoms with Gasteiger partial charge in [-0.2, -0.15) is 13.2 Å². The molecule has 1 amide bonds. The van der Waals surface area contributed by atoms with Crippen molar-refractivity contribution in [3.63, 3.8) is 0 Å². The number of carbonyl (C=O) groups is 1. The van der Waals surface area contributed by atoms with Gasteiger partial charge in [0.2, 0.25) is 12.2 Å². The van der Waals surface area contributed by atoms with Gasteiger partial charge in [0.15, 0.2) is 0 Å². The number of halogens is 3. The van der Waals surface area contributed by atoms with Crippen LogP contribution in [-0.2, 0) is 11.0 Å². The van der Waals surface area contributed by atoms with Gasteiger partial charge in [-0.25, -0.2) is 14.9 Å². The molecule has 0 aliphatic carbocycles. The monoisotopic (exact) mass is 310 g/mol. The molecule has 2 heterocycles. The van der Waals surface area contributed by atoms with E-state index in [9.17, 15) is 18.0 Å². The number of hydrogen-bond acceptors (Lipinski definition) is 5. The highest BCUT2D eigenvalue weighted by atomic mass is 19.4. The van der Waals surface area contributed by atoms with Gasteiger partial charge < -0.3 is 4.74 Å². The van der Waals surface area contributed by atoms with Crippen LogP contribution < -0.4 is 15.4 Å². The van der Waals surface area contributed by atoms with Gasteiger partial charge in [-0.3, -0.25) is 10.5 Å². The lowest BCUT2D eigenvalue weighted by Crippen LogP contribution is -2.49. The molecule has 114 valence electrons. The molecule has 1 aromatic heterocycles. The number of anilines is 2. The van der Waals surface area contributed by atoms with Crippen LogP contribution >= 0.6 is 0 Å². The summed E-state index contributed by atoms with van der Waals surface area (Å²) in [6.07, 6.45) is -3.48. The lowest BCUT2D eigenvalue weighted by molar-refractivity contribution is -0.137. The van der Waals surface area contributed by atoms with E-state index in [1.54, 1.807) is 0 Å². The number of nitrogens with two attached hydrogens (primary N) is 1. The first-order valence-corrected chi connectivity index (χ1v) is 6.13. The fourth-order valence-electron chi connectivity index (χ4n) is 2.11. The van der Waals surface area contributed by atoms with Gasteiger partial charge in [0.25, 0.3) is 5.91 Å². The molecule has 22 heavy (non-hydrogen) atoms. The van der Waals surface area contributed by atoms with Gasteiger partial charge in [-0.1, -0.05) is 6.07 Å². The first kappa shape index (κ1) is 14.3. The maximum absolute atomic E-state index is 13.2. The molecule has 1 unspecified atom stereocenters. The second kappa shape index (κ2) is 4.95. The quantitative estimate of drug-likeness (QED) is 0.869. The Kier molecular flexibility index (Phi) is 3.21. The largest absolute Gasteiger partial charge is 0.464 e. The molecule has 1 aliphatic heterocycles. The summed E-state index contributed by atoms with van der Waals surface area (Å²) >= 11 is 0. The molecular weight excluding hydrogens is 301 g/mol. The zero-order chi connectivity index (χ0) is 15.9. The van der Waals surface area contributed by atoms with E-state index in [2.05, 4.69) is 9.97 Å². The minimum Gasteiger partial charge on any atom is -0.464 e. The second-order valence-corrected chi connectivity index (χ2v) is 4.41. The number of aromatic nitrogens is 2. The van der Waals surface area contributed by atoms with Crippen LogP contribution in [0, 0.1) is 0 Å². The fourth-order valence-corrected chi connectivity index (χ4v) is 2.11. The van der Waals surface area contributed by atoms with Crippen molar-refractivity contribution in [2.24, 2.45) is 5.73 Å². The first-order chi connectivity index (χ1) is 10.4. The van der Waals surface area contributed by atoms with Gasteiger partial charge in [0, 0.05) is 12.4 Å². The Labute approximate surface area is 122 Å². The standard InChI is InChI=1S/C13H9F3N4O2/c14-13(15,16)7-3-1-4-8-9(7)20(11(21)10(17)22-8)12-18-5-2-6-19-12/h1-6,10H,17H2. The van der Waals surface area contributed by atoms with Crippen molar-refractivity contribution in [3.8, 4) is 5.75 Å². The van der Waals surface area contributed by atoms with E-state index in [0.29, 0.717) is 0 Å². The van der Waals surface area contributed by atoms with Crippen molar-refractivity contribution in [1.82, 2.24) is 9.97 Å². The van der Waals surface area contributed by atoms with Crippen LogP contribution in [0.25, 0.3) is 0 Å². The number of rotatable bonds is 1. The van der Waals surface area contributed by atoms with Crippen molar-refractivity contribution in [2.45, 2.75) is 12.4 Å². The maximum Gasteiger partial charge on any atom is 0.418 e. The van der Waals surface area contributed by atoms with Crippen LogP contribution in [0.1, 0.15) is 5.56 Å². The Balaban J connectivity index is 2.26. The van der Waals surface area contributed by atoms with Crippen LogP contribution in [0.4, 0.5) is 24.8 Å². The van der Waals surface area contributed by atoms with Gasteiger partial charge >= 0.3 is 6.18 Å². The third-order valence-corrected chi connectivity index (χ3v) is 3.00. The number of hydrogen-bond donors (Lipinski definition) is 1. The van der Waals surface area contributed by atoms with Crippen molar-refractivity contribution >= 4 is 17.5 Å². The van der Waals surface area contributed by atoms with E-state index < -0.39 is 29.6 Å². The van der Waals surface area contributed by atoms with E-state index in [1.165, 1.54) is 30.6 Å². The molecule has 0 saturated heterocycles. The molecule has 2 N–H and O–H groups in total. The van der Waals surface area contributed by atoms with E-state index in [0.717, 1.165) is 11.0 Å². The predicted molar refractivity (Wildman–Crippen MR) is 69.2 cm³/mol. The third kappa shape index (κ3) is 2.25. The van der Waals surface area contributed by atoms with Crippen molar-refractivity contribution in [2.75, 3.05) is 4.90 Å². The second-order valence-electron chi connectivity index (χ2n) is 4.41. The number of benzene rings is 1. The fraction of sp³-hybridized carbons (Fsp3) is 0.154. The van der Waals surface area contributed by atoms with Gasteiger partial charge in [0.1, 0.15) is 11.4 Å². The molecule has 9 heteroatoms. The summed E-state index contributed by atoms with van der Waals surface area (Å²) in [4.78, 5) is 20.6. The number of amides is 1. The lowest BCUT2D eigenvalue weighted by Gasteiger charge is -2.32. The van der Waals surface area contributed by atoms with Crippen molar-refractivity contribution in [1.29, 1.82) is 0 Å². The number of alkyl halides is 3. The van der Waals surface area contributed by atoms with Crippen LogP contribution in [0.5, 0.6) is 5.75 Å². The molecule has 0 fully saturated rings. The van der Waals surface area contributed by atoms with Crippen molar-refractivity contribution < 1.29 is 22.7 Å². The van der Waals surface area contributed by atoms with E-state index in [1.807, 2.05) is 0 Å². The zero-order valence-corrected chi connectivity index (χ0v) is 10.9. The van der Waals surface area contributed by atoms with E-state index in [4.69, 9.17) is 10.5 Å². The Morgan fingerprint density at radius 1 is 1.18 bits per heavy atom. The highest BCUT2D eigenvalue weighted by molar-refractivity contribution is 6.05. The number of fused-ring (bicyclic) bond motifs is 1. The molecule has 3 rings (SSSR count). The zero-order valence-electron chi connectivity index (χ0n) is 10.9. The normalized spacial score (nSPS) is 17.9. The summed E-state index contributed by atoms with van der Waals surface area (Å²) in [5, 5.41) is 0. The molecule has 1 aromatic carbocycles. The summed E-state index contributed by atoms with van der Waals surface area (Å²) in [5.41, 5.74) is 4.03. The SMILES string of the molecule is NC1Oc2cccc(C(F)(F)F)c2N(c2ncccn2)C1=O. The molecule has 0 saturated carbocycles. The Bertz CT molecular complexity index is 721. The maximum atomic E-state index is 13.2. The minimum absolute atomic E-state index is 0.158. The summed E-state index contributed by atoms with van der Waals surface area (Å²) < 4.78 is 44.7. The first-order valence-electron chi connectivity index (χ1n) is 6.13. The highest BCUT2D eigenvalue weighted by Crippen LogP contribution is 2.45. The van der Waals surface area contributed by atoms with Crippen LogP contribution in [0.15, 0.2) is 36.7 Å². The van der Waals surface area contributed by atoms with E-state index in [-0.39, 0.29) is 11.7 Å². The molecule has 0 spiro atoms. The number of para-hydroxylation sites is 1. The molecular formula is C13H9F3N4O2. The molecule has 1 atom stereocenters. The van der Waals surface area contributed by atoms with E-state index >= 15 is 0 Å². The Hall–Kier alpha value is -2.68. The molecule has 2 aromatic rings. The number of nitrogens with zero attached hydrogens (tertiary/aromatic N) is 3. The van der Waals surface area contributed by atoms with Crippen LogP contribution in [0.3, 0.4) is 0 Å². The molecule has 1 aliphatic rings. The summed E-state index contributed by atoms with van der Waals surface area (Å²) in [6, 6.07) is 4.80. The average molecular weight is 310 g/mol. The molecule has 0 radical (unpaired) electrons. The van der Waals surface area contributed by atoms with Gasteiger partial charge in [0.05, 0.1) is 5.56 Å². The minimum atomic E-state index is -4.68. The molecule has 6 nitrogen and oxygen atoms in total. The lowest BCUT2D eigenvalue weighted by atomic mass is 10.1. The molecule has 0 bridgehead atoms. The number of carbonyl (C=O) groups excluding carboxylic acids is 1. The van der Waals surface area contributed by atoms with Crippen LogP contribution in [-0.4, -0.2) is 22.1 Å². The Morgan fingerprint density at radius 2 is 1.86 bits per heavy atom. The summed E-state index contributed by atoms with van der Waals surface area (Å²) in [5.74, 6) is -1.24. The summed E-state index contributed by atoms with van der Waals surface area (Å²) in [7, 11) is 0. The van der Waals surface area contributed by atoms with Gasteiger partial charge in [-0.15, -0.1) is 0 Å². The smallest absolute Gasteiger partial charge is 0.418 e. The Morgan fingerprint density at radius 3 is 2.50 bits per heavy atom. The predicted octanol–water partition coefficient (Wildman–Crippen LogP) is 1.84. The summed E-state index contributed by atoms with van der Waals surface area (Å²) in [6.45, 7) is 0. The third-order valence-electron chi connectivity index (χ3n) is 3.00. The topological polar surface area (TPSA) is 81.3 Å². The van der Waals surface area contributed by atoms with Gasteiger partial charge in [-0.05, 0) is 18.2 Å². The average Bonchev–Trinajstić information content (AvgIpc) is 2.48. The van der Waals surface area contributed by atoms with Crippen molar-refractivity contribution in [3.05, 3.63) is 42.2 Å². The van der Waals surface area contributed by atoms with Crippen LogP contribution in [0.2, 0.25) is 0 Å². The highest BCUT2D eigenvalue weighted by Gasteiger charge is 2.43.